The second-order valence-corrected chi connectivity index (χ2v) is 4.90. The summed E-state index contributed by atoms with van der Waals surface area (Å²) in [6, 6.07) is 2.59. The third-order valence-corrected chi connectivity index (χ3v) is 3.64. The molecule has 22 heavy (non-hydrogen) atoms. The van der Waals surface area contributed by atoms with Gasteiger partial charge in [0, 0.05) is 12.5 Å². The summed E-state index contributed by atoms with van der Waals surface area (Å²) in [6.45, 7) is 0. The maximum absolute atomic E-state index is 12.4. The number of nitrogens with zero attached hydrogens (tertiary/aromatic N) is 2. The first-order valence-electron chi connectivity index (χ1n) is 6.41. The van der Waals surface area contributed by atoms with Gasteiger partial charge < -0.3 is 0 Å². The number of benzene rings is 1. The van der Waals surface area contributed by atoms with E-state index in [1.54, 1.807) is 0 Å². The van der Waals surface area contributed by atoms with Crippen LogP contribution in [-0.4, -0.2) is 39.5 Å². The number of fused-ring (bicyclic) bond motifs is 1. The van der Waals surface area contributed by atoms with E-state index >= 15 is 0 Å². The van der Waals surface area contributed by atoms with Gasteiger partial charge in [0.25, 0.3) is 17.5 Å². The van der Waals surface area contributed by atoms with E-state index in [1.165, 1.54) is 12.1 Å². The summed E-state index contributed by atoms with van der Waals surface area (Å²) in [5, 5.41) is 13.1. The number of hydrogen-bond acceptors (Lipinski definition) is 6. The lowest BCUT2D eigenvalue weighted by Crippen LogP contribution is -2.54. The molecule has 9 heteroatoms. The summed E-state index contributed by atoms with van der Waals surface area (Å²) < 4.78 is 0. The van der Waals surface area contributed by atoms with Crippen LogP contribution in [0.2, 0.25) is 0 Å². The molecular weight excluding hydrogens is 294 g/mol. The lowest BCUT2D eigenvalue weighted by molar-refractivity contribution is -0.385. The minimum Gasteiger partial charge on any atom is -0.295 e. The zero-order chi connectivity index (χ0) is 16.0. The number of hydrogen-bond donors (Lipinski definition) is 1. The number of imide groups is 2. The van der Waals surface area contributed by atoms with Crippen molar-refractivity contribution in [1.29, 1.82) is 0 Å². The molecule has 0 aromatic heterocycles. The van der Waals surface area contributed by atoms with Crippen molar-refractivity contribution in [2.45, 2.75) is 18.9 Å². The van der Waals surface area contributed by atoms with Gasteiger partial charge in [-0.25, -0.2) is 0 Å². The first-order chi connectivity index (χ1) is 10.4. The van der Waals surface area contributed by atoms with Crippen LogP contribution in [-0.2, 0) is 9.59 Å². The van der Waals surface area contributed by atoms with E-state index < -0.39 is 40.3 Å². The van der Waals surface area contributed by atoms with Crippen molar-refractivity contribution in [3.05, 3.63) is 39.4 Å². The van der Waals surface area contributed by atoms with Crippen molar-refractivity contribution >= 4 is 29.3 Å². The molecule has 1 aromatic carbocycles. The third kappa shape index (κ3) is 1.86. The van der Waals surface area contributed by atoms with Gasteiger partial charge in [-0.1, -0.05) is 6.07 Å². The number of carbonyl (C=O) groups excluding carboxylic acids is 4. The van der Waals surface area contributed by atoms with Crippen LogP contribution in [0.25, 0.3) is 0 Å². The standard InChI is InChI=1S/C13H9N3O6/c17-9-5-4-8(11(18)14-9)15-12(19)6-2-1-3-7(16(21)22)10(6)13(15)20/h1-3,8H,4-5H2,(H,14,17,18)/t8-/m1/s1. The molecule has 112 valence electrons. The predicted octanol–water partition coefficient (Wildman–Crippen LogP) is -0.00400. The largest absolute Gasteiger partial charge is 0.295 e. The lowest BCUT2D eigenvalue weighted by atomic mass is 10.0. The fourth-order valence-electron chi connectivity index (χ4n) is 2.65. The molecule has 2 heterocycles. The Kier molecular flexibility index (Phi) is 2.98. The highest BCUT2D eigenvalue weighted by Crippen LogP contribution is 2.33. The molecule has 4 amide bonds. The fourth-order valence-corrected chi connectivity index (χ4v) is 2.65. The molecule has 0 spiro atoms. The van der Waals surface area contributed by atoms with E-state index in [9.17, 15) is 29.3 Å². The van der Waals surface area contributed by atoms with Gasteiger partial charge in [-0.2, -0.15) is 0 Å². The third-order valence-electron chi connectivity index (χ3n) is 3.64. The SMILES string of the molecule is O=C1CC[C@@H](N2C(=O)c3cccc([N+](=O)[O-])c3C2=O)C(=O)N1. The molecule has 1 fully saturated rings. The Hall–Kier alpha value is -3.10. The first kappa shape index (κ1) is 13.9. The van der Waals surface area contributed by atoms with E-state index in [0.717, 1.165) is 6.07 Å². The molecule has 0 unspecified atom stereocenters. The molecule has 2 aliphatic heterocycles. The number of rotatable bonds is 2. The van der Waals surface area contributed by atoms with Crippen molar-refractivity contribution in [3.8, 4) is 0 Å². The highest BCUT2D eigenvalue weighted by atomic mass is 16.6. The quantitative estimate of drug-likeness (QED) is 0.465. The van der Waals surface area contributed by atoms with E-state index in [-0.39, 0.29) is 24.0 Å². The van der Waals surface area contributed by atoms with Crippen LogP contribution in [0.4, 0.5) is 5.69 Å². The number of nitrogens with one attached hydrogen (secondary N) is 1. The van der Waals surface area contributed by atoms with Gasteiger partial charge in [0.15, 0.2) is 0 Å². The fraction of sp³-hybridized carbons (Fsp3) is 0.231. The Bertz CT molecular complexity index is 756. The van der Waals surface area contributed by atoms with Crippen molar-refractivity contribution < 1.29 is 24.1 Å². The van der Waals surface area contributed by atoms with E-state index in [2.05, 4.69) is 5.32 Å². The number of piperidine rings is 1. The Balaban J connectivity index is 2.04. The molecular formula is C13H9N3O6. The number of carbonyl (C=O) groups is 4. The second kappa shape index (κ2) is 4.72. The molecule has 0 saturated carbocycles. The summed E-state index contributed by atoms with van der Waals surface area (Å²) in [7, 11) is 0. The van der Waals surface area contributed by atoms with Gasteiger partial charge >= 0.3 is 0 Å². The molecule has 0 radical (unpaired) electrons. The summed E-state index contributed by atoms with van der Waals surface area (Å²) in [6.07, 6.45) is -0.00413. The molecule has 1 N–H and O–H groups in total. The zero-order valence-corrected chi connectivity index (χ0v) is 11.1. The first-order valence-corrected chi connectivity index (χ1v) is 6.41. The summed E-state index contributed by atoms with van der Waals surface area (Å²) >= 11 is 0. The van der Waals surface area contributed by atoms with E-state index in [4.69, 9.17) is 0 Å². The zero-order valence-electron chi connectivity index (χ0n) is 11.1. The van der Waals surface area contributed by atoms with Crippen LogP contribution < -0.4 is 5.32 Å². The minimum absolute atomic E-state index is 0.00390. The van der Waals surface area contributed by atoms with Crippen LogP contribution in [0.15, 0.2) is 18.2 Å². The molecule has 3 rings (SSSR count). The van der Waals surface area contributed by atoms with Crippen LogP contribution in [0.5, 0.6) is 0 Å². The highest BCUT2D eigenvalue weighted by molar-refractivity contribution is 6.25. The van der Waals surface area contributed by atoms with Crippen molar-refractivity contribution in [2.24, 2.45) is 0 Å². The monoisotopic (exact) mass is 303 g/mol. The molecule has 0 aliphatic carbocycles. The topological polar surface area (TPSA) is 127 Å². The van der Waals surface area contributed by atoms with Crippen LogP contribution in [0, 0.1) is 10.1 Å². The van der Waals surface area contributed by atoms with Gasteiger partial charge in [0.05, 0.1) is 10.5 Å². The summed E-state index contributed by atoms with van der Waals surface area (Å²) in [4.78, 5) is 58.7. The van der Waals surface area contributed by atoms with Crippen LogP contribution in [0.1, 0.15) is 33.6 Å². The average molecular weight is 303 g/mol. The van der Waals surface area contributed by atoms with Crippen molar-refractivity contribution in [3.63, 3.8) is 0 Å². The molecule has 0 bridgehead atoms. The van der Waals surface area contributed by atoms with E-state index in [1.807, 2.05) is 0 Å². The minimum atomic E-state index is -1.13. The van der Waals surface area contributed by atoms with Gasteiger partial charge in [0.2, 0.25) is 11.8 Å². The van der Waals surface area contributed by atoms with Gasteiger partial charge in [-0.3, -0.25) is 39.5 Å². The lowest BCUT2D eigenvalue weighted by Gasteiger charge is -2.27. The van der Waals surface area contributed by atoms with Crippen molar-refractivity contribution in [1.82, 2.24) is 10.2 Å². The Morgan fingerprint density at radius 2 is 1.91 bits per heavy atom. The normalized spacial score (nSPS) is 20.9. The number of nitro benzene ring substituents is 1. The highest BCUT2D eigenvalue weighted by Gasteiger charge is 2.47. The van der Waals surface area contributed by atoms with E-state index in [0.29, 0.717) is 4.90 Å². The average Bonchev–Trinajstić information content (AvgIpc) is 2.72. The molecule has 2 aliphatic rings. The molecule has 1 saturated heterocycles. The summed E-state index contributed by atoms with van der Waals surface area (Å²) in [5.74, 6) is -2.89. The predicted molar refractivity (Wildman–Crippen MR) is 69.8 cm³/mol. The van der Waals surface area contributed by atoms with Gasteiger partial charge in [-0.15, -0.1) is 0 Å². The molecule has 1 aromatic rings. The molecule has 1 atom stereocenters. The Morgan fingerprint density at radius 1 is 1.18 bits per heavy atom. The molecule has 9 nitrogen and oxygen atoms in total. The van der Waals surface area contributed by atoms with Crippen molar-refractivity contribution in [2.75, 3.05) is 0 Å². The Labute approximate surface area is 123 Å². The maximum atomic E-state index is 12.4. The summed E-state index contributed by atoms with van der Waals surface area (Å²) in [5.41, 5.74) is -0.906. The van der Waals surface area contributed by atoms with Crippen LogP contribution >= 0.6 is 0 Å². The number of nitro groups is 1. The number of amides is 4. The Morgan fingerprint density at radius 3 is 2.55 bits per heavy atom. The van der Waals surface area contributed by atoms with Gasteiger partial charge in [0.1, 0.15) is 11.6 Å². The van der Waals surface area contributed by atoms with Crippen LogP contribution in [0.3, 0.4) is 0 Å². The maximum Gasteiger partial charge on any atom is 0.282 e. The smallest absolute Gasteiger partial charge is 0.282 e. The second-order valence-electron chi connectivity index (χ2n) is 4.90. The van der Waals surface area contributed by atoms with Gasteiger partial charge in [-0.05, 0) is 12.5 Å².